The van der Waals surface area contributed by atoms with Crippen molar-refractivity contribution in [2.45, 2.75) is 26.4 Å². The van der Waals surface area contributed by atoms with Gasteiger partial charge in [-0.25, -0.2) is 4.68 Å². The zero-order chi connectivity index (χ0) is 14.9. The highest BCUT2D eigenvalue weighted by atomic mass is 19.4. The van der Waals surface area contributed by atoms with Crippen molar-refractivity contribution in [1.29, 1.82) is 0 Å². The normalized spacial score (nSPS) is 11.7. The van der Waals surface area contributed by atoms with Crippen molar-refractivity contribution in [2.75, 3.05) is 0 Å². The summed E-state index contributed by atoms with van der Waals surface area (Å²) in [5, 5.41) is 3.71. The van der Waals surface area contributed by atoms with E-state index in [2.05, 4.69) is 5.10 Å². The summed E-state index contributed by atoms with van der Waals surface area (Å²) in [6, 6.07) is 6.60. The molecule has 0 amide bonds. The van der Waals surface area contributed by atoms with Gasteiger partial charge in [-0.2, -0.15) is 18.3 Å². The largest absolute Gasteiger partial charge is 0.434 e. The van der Waals surface area contributed by atoms with E-state index in [1.165, 1.54) is 0 Å². The van der Waals surface area contributed by atoms with Crippen LogP contribution in [0.4, 0.5) is 13.2 Å². The highest BCUT2D eigenvalue weighted by molar-refractivity contribution is 5.95. The van der Waals surface area contributed by atoms with Gasteiger partial charge >= 0.3 is 6.18 Å². The van der Waals surface area contributed by atoms with Crippen LogP contribution in [-0.4, -0.2) is 15.6 Å². The lowest BCUT2D eigenvalue weighted by molar-refractivity contribution is -0.143. The van der Waals surface area contributed by atoms with Crippen LogP contribution in [0.2, 0.25) is 0 Å². The number of carbonyl (C=O) groups is 1. The SMILES string of the molecule is CCc1ccc(-n2ncc(C(C)=O)c2C(F)(F)F)cc1. The molecular weight excluding hydrogens is 269 g/mol. The summed E-state index contributed by atoms with van der Waals surface area (Å²) in [6.45, 7) is 3.05. The minimum absolute atomic E-state index is 0.280. The van der Waals surface area contributed by atoms with Gasteiger partial charge < -0.3 is 0 Å². The van der Waals surface area contributed by atoms with Gasteiger partial charge in [0, 0.05) is 0 Å². The summed E-state index contributed by atoms with van der Waals surface area (Å²) >= 11 is 0. The Bertz CT molecular complexity index is 627. The number of carbonyl (C=O) groups excluding carboxylic acids is 1. The van der Waals surface area contributed by atoms with Gasteiger partial charge in [-0.05, 0) is 31.0 Å². The first-order valence-electron chi connectivity index (χ1n) is 6.10. The number of hydrogen-bond donors (Lipinski definition) is 0. The molecule has 0 spiro atoms. The van der Waals surface area contributed by atoms with E-state index < -0.39 is 23.2 Å². The van der Waals surface area contributed by atoms with Gasteiger partial charge in [0.05, 0.1) is 17.4 Å². The van der Waals surface area contributed by atoms with E-state index in [4.69, 9.17) is 0 Å². The molecule has 0 unspecified atom stereocenters. The average Bonchev–Trinajstić information content (AvgIpc) is 2.83. The Kier molecular flexibility index (Phi) is 3.65. The van der Waals surface area contributed by atoms with Crippen LogP contribution in [0.15, 0.2) is 30.5 Å². The molecule has 20 heavy (non-hydrogen) atoms. The number of halogens is 3. The molecule has 6 heteroatoms. The molecule has 0 saturated carbocycles. The molecule has 3 nitrogen and oxygen atoms in total. The number of rotatable bonds is 3. The van der Waals surface area contributed by atoms with Crippen molar-refractivity contribution < 1.29 is 18.0 Å². The molecule has 0 N–H and O–H groups in total. The second-order valence-corrected chi connectivity index (χ2v) is 4.39. The van der Waals surface area contributed by atoms with E-state index in [1.807, 2.05) is 6.92 Å². The molecule has 0 aliphatic carbocycles. The third-order valence-corrected chi connectivity index (χ3v) is 3.01. The number of hydrogen-bond acceptors (Lipinski definition) is 2. The summed E-state index contributed by atoms with van der Waals surface area (Å²) in [7, 11) is 0. The van der Waals surface area contributed by atoms with Crippen molar-refractivity contribution in [3.05, 3.63) is 47.3 Å². The number of aromatic nitrogens is 2. The zero-order valence-electron chi connectivity index (χ0n) is 11.0. The molecule has 0 fully saturated rings. The van der Waals surface area contributed by atoms with Crippen LogP contribution >= 0.6 is 0 Å². The maximum absolute atomic E-state index is 13.1. The molecule has 106 valence electrons. The Morgan fingerprint density at radius 2 is 1.85 bits per heavy atom. The fraction of sp³-hybridized carbons (Fsp3) is 0.286. The average molecular weight is 282 g/mol. The molecule has 1 aromatic heterocycles. The summed E-state index contributed by atoms with van der Waals surface area (Å²) < 4.78 is 40.1. The third-order valence-electron chi connectivity index (χ3n) is 3.01. The Hall–Kier alpha value is -2.11. The van der Waals surface area contributed by atoms with E-state index in [0.717, 1.165) is 29.8 Å². The molecule has 0 atom stereocenters. The fourth-order valence-electron chi connectivity index (χ4n) is 1.95. The predicted octanol–water partition coefficient (Wildman–Crippen LogP) is 3.66. The summed E-state index contributed by atoms with van der Waals surface area (Å²) in [5.74, 6) is -0.659. The topological polar surface area (TPSA) is 34.9 Å². The summed E-state index contributed by atoms with van der Waals surface area (Å²) in [5.41, 5.74) is -0.158. The lowest BCUT2D eigenvalue weighted by Crippen LogP contribution is -2.16. The lowest BCUT2D eigenvalue weighted by Gasteiger charge is -2.12. The summed E-state index contributed by atoms with van der Waals surface area (Å²) in [4.78, 5) is 11.3. The maximum Gasteiger partial charge on any atom is 0.434 e. The van der Waals surface area contributed by atoms with E-state index in [9.17, 15) is 18.0 Å². The molecule has 0 aliphatic rings. The minimum Gasteiger partial charge on any atom is -0.294 e. The highest BCUT2D eigenvalue weighted by Gasteiger charge is 2.39. The monoisotopic (exact) mass is 282 g/mol. The Morgan fingerprint density at radius 3 is 2.30 bits per heavy atom. The van der Waals surface area contributed by atoms with Crippen molar-refractivity contribution >= 4 is 5.78 Å². The predicted molar refractivity (Wildman–Crippen MR) is 67.9 cm³/mol. The van der Waals surface area contributed by atoms with Crippen LogP contribution in [0.25, 0.3) is 5.69 Å². The number of benzene rings is 1. The third kappa shape index (κ3) is 2.59. The van der Waals surface area contributed by atoms with Crippen LogP contribution in [0, 0.1) is 0 Å². The number of alkyl halides is 3. The molecule has 0 saturated heterocycles. The van der Waals surface area contributed by atoms with E-state index >= 15 is 0 Å². The van der Waals surface area contributed by atoms with Crippen LogP contribution in [0.5, 0.6) is 0 Å². The first-order valence-corrected chi connectivity index (χ1v) is 6.10. The van der Waals surface area contributed by atoms with Crippen LogP contribution in [0.1, 0.15) is 35.5 Å². The molecular formula is C14H13F3N2O. The molecule has 0 aliphatic heterocycles. The van der Waals surface area contributed by atoms with Crippen LogP contribution in [-0.2, 0) is 12.6 Å². The smallest absolute Gasteiger partial charge is 0.294 e. The van der Waals surface area contributed by atoms with Gasteiger partial charge in [0.2, 0.25) is 0 Å². The molecule has 0 bridgehead atoms. The van der Waals surface area contributed by atoms with E-state index in [1.54, 1.807) is 24.3 Å². The number of ketones is 1. The lowest BCUT2D eigenvalue weighted by atomic mass is 10.1. The number of aryl methyl sites for hydroxylation is 1. The number of nitrogens with zero attached hydrogens (tertiary/aromatic N) is 2. The number of Topliss-reactive ketones (excluding diaryl/α,β-unsaturated/α-hetero) is 1. The molecule has 2 aromatic rings. The van der Waals surface area contributed by atoms with Crippen LogP contribution in [0.3, 0.4) is 0 Å². The molecule has 0 radical (unpaired) electrons. The van der Waals surface area contributed by atoms with Crippen molar-refractivity contribution in [2.24, 2.45) is 0 Å². The minimum atomic E-state index is -4.64. The van der Waals surface area contributed by atoms with Crippen molar-refractivity contribution in [3.63, 3.8) is 0 Å². The Balaban J connectivity index is 2.59. The Morgan fingerprint density at radius 1 is 1.25 bits per heavy atom. The van der Waals surface area contributed by atoms with Gasteiger partial charge in [0.25, 0.3) is 0 Å². The second-order valence-electron chi connectivity index (χ2n) is 4.39. The van der Waals surface area contributed by atoms with E-state index in [0.29, 0.717) is 0 Å². The first-order chi connectivity index (χ1) is 9.34. The summed E-state index contributed by atoms with van der Waals surface area (Å²) in [6.07, 6.45) is -2.88. The molecule has 1 aromatic carbocycles. The Labute approximate surface area is 114 Å². The molecule has 1 heterocycles. The van der Waals surface area contributed by atoms with Gasteiger partial charge in [-0.3, -0.25) is 4.79 Å². The van der Waals surface area contributed by atoms with Crippen molar-refractivity contribution in [1.82, 2.24) is 9.78 Å². The van der Waals surface area contributed by atoms with Gasteiger partial charge in [-0.1, -0.05) is 19.1 Å². The quantitative estimate of drug-likeness (QED) is 0.805. The zero-order valence-corrected chi connectivity index (χ0v) is 11.0. The molecule has 2 rings (SSSR count). The standard InChI is InChI=1S/C14H13F3N2O/c1-3-10-4-6-11(7-5-10)19-13(14(15,16)17)12(8-18-19)9(2)20/h4-8H,3H2,1-2H3. The van der Waals surface area contributed by atoms with Crippen LogP contribution < -0.4 is 0 Å². The van der Waals surface area contributed by atoms with Gasteiger partial charge in [-0.15, -0.1) is 0 Å². The van der Waals surface area contributed by atoms with Gasteiger partial charge in [0.1, 0.15) is 0 Å². The second kappa shape index (κ2) is 5.11. The fourth-order valence-corrected chi connectivity index (χ4v) is 1.95. The first kappa shape index (κ1) is 14.3. The van der Waals surface area contributed by atoms with Crippen molar-refractivity contribution in [3.8, 4) is 5.69 Å². The highest BCUT2D eigenvalue weighted by Crippen LogP contribution is 2.33. The maximum atomic E-state index is 13.1. The van der Waals surface area contributed by atoms with Gasteiger partial charge in [0.15, 0.2) is 11.5 Å². The van der Waals surface area contributed by atoms with E-state index in [-0.39, 0.29) is 5.69 Å².